The first-order chi connectivity index (χ1) is 15.7. The summed E-state index contributed by atoms with van der Waals surface area (Å²) in [6.07, 6.45) is 3.24. The number of ether oxygens (including phenoxy) is 1. The van der Waals surface area contributed by atoms with Crippen molar-refractivity contribution in [3.05, 3.63) is 108 Å². The summed E-state index contributed by atoms with van der Waals surface area (Å²) in [6.45, 7) is 0.500. The van der Waals surface area contributed by atoms with E-state index in [9.17, 15) is 4.79 Å². The number of aromatic nitrogens is 2. The molecule has 1 aromatic heterocycles. The van der Waals surface area contributed by atoms with E-state index in [1.54, 1.807) is 6.08 Å². The van der Waals surface area contributed by atoms with Gasteiger partial charge in [-0.15, -0.1) is 0 Å². The van der Waals surface area contributed by atoms with Crippen molar-refractivity contribution in [2.75, 3.05) is 5.32 Å². The second-order valence-electron chi connectivity index (χ2n) is 7.46. The van der Waals surface area contributed by atoms with Crippen LogP contribution < -0.4 is 10.1 Å². The fraction of sp³-hybridized carbons (Fsp3) is 0.0370. The predicted octanol–water partition coefficient (Wildman–Crippen LogP) is 5.95. The number of nitrogens with zero attached hydrogens (tertiary/aromatic N) is 1. The minimum atomic E-state index is -0.249. The molecule has 156 valence electrons. The molecule has 0 unspecified atom stereocenters. The van der Waals surface area contributed by atoms with Crippen LogP contribution in [-0.4, -0.2) is 15.9 Å². The van der Waals surface area contributed by atoms with E-state index in [2.05, 4.69) is 45.6 Å². The highest BCUT2D eigenvalue weighted by Crippen LogP contribution is 2.19. The maximum atomic E-state index is 12.2. The van der Waals surface area contributed by atoms with Gasteiger partial charge in [0.15, 0.2) is 0 Å². The van der Waals surface area contributed by atoms with Crippen molar-refractivity contribution in [1.82, 2.24) is 9.97 Å². The molecule has 0 fully saturated rings. The van der Waals surface area contributed by atoms with E-state index in [1.807, 2.05) is 60.7 Å². The number of benzene rings is 4. The molecule has 0 radical (unpaired) electrons. The van der Waals surface area contributed by atoms with Gasteiger partial charge in [0, 0.05) is 6.08 Å². The van der Waals surface area contributed by atoms with Crippen LogP contribution in [-0.2, 0) is 11.4 Å². The number of fused-ring (bicyclic) bond motifs is 2. The molecule has 0 spiro atoms. The van der Waals surface area contributed by atoms with Gasteiger partial charge in [0.05, 0.1) is 11.0 Å². The van der Waals surface area contributed by atoms with E-state index in [4.69, 9.17) is 4.74 Å². The summed E-state index contributed by atoms with van der Waals surface area (Å²) in [5, 5.41) is 5.17. The number of carbonyl (C=O) groups is 1. The van der Waals surface area contributed by atoms with Crippen LogP contribution in [0.25, 0.3) is 27.9 Å². The number of imidazole rings is 1. The minimum absolute atomic E-state index is 0.249. The molecule has 32 heavy (non-hydrogen) atoms. The van der Waals surface area contributed by atoms with Crippen LogP contribution in [0.5, 0.6) is 5.75 Å². The molecular formula is C27H21N3O2. The van der Waals surface area contributed by atoms with Crippen LogP contribution in [0.1, 0.15) is 11.1 Å². The molecule has 0 aliphatic carbocycles. The maximum Gasteiger partial charge on any atom is 0.250 e. The number of para-hydroxylation sites is 2. The lowest BCUT2D eigenvalue weighted by Gasteiger charge is -2.08. The summed E-state index contributed by atoms with van der Waals surface area (Å²) in [4.78, 5) is 19.6. The lowest BCUT2D eigenvalue weighted by atomic mass is 10.1. The normalized spacial score (nSPS) is 11.2. The lowest BCUT2D eigenvalue weighted by molar-refractivity contribution is -0.111. The highest BCUT2D eigenvalue weighted by Gasteiger charge is 2.04. The third kappa shape index (κ3) is 4.52. The standard InChI is InChI=1S/C27H21N3O2/c31-26(30-27-28-24-7-3-4-8-25(24)29-27)16-12-19-10-14-23(15-11-19)32-18-20-9-13-21-5-1-2-6-22(21)17-20/h1-17H,18H2,(H2,28,29,30,31)/b16-12+. The van der Waals surface area contributed by atoms with Crippen LogP contribution in [0.15, 0.2) is 97.1 Å². The third-order valence-corrected chi connectivity index (χ3v) is 5.16. The first-order valence-corrected chi connectivity index (χ1v) is 10.4. The molecule has 5 nitrogen and oxygen atoms in total. The molecule has 0 saturated carbocycles. The molecular weight excluding hydrogens is 398 g/mol. The number of aromatic amines is 1. The predicted molar refractivity (Wildman–Crippen MR) is 128 cm³/mol. The molecule has 2 N–H and O–H groups in total. The smallest absolute Gasteiger partial charge is 0.250 e. The van der Waals surface area contributed by atoms with E-state index < -0.39 is 0 Å². The van der Waals surface area contributed by atoms with E-state index in [-0.39, 0.29) is 5.91 Å². The lowest BCUT2D eigenvalue weighted by Crippen LogP contribution is -2.08. The molecule has 0 saturated heterocycles. The highest BCUT2D eigenvalue weighted by atomic mass is 16.5. The number of H-pyrrole nitrogens is 1. The Bertz CT molecular complexity index is 1390. The monoisotopic (exact) mass is 419 g/mol. The van der Waals surface area contributed by atoms with Gasteiger partial charge in [0.2, 0.25) is 5.95 Å². The van der Waals surface area contributed by atoms with Crippen molar-refractivity contribution in [2.24, 2.45) is 0 Å². The zero-order chi connectivity index (χ0) is 21.8. The van der Waals surface area contributed by atoms with Crippen LogP contribution in [0.2, 0.25) is 0 Å². The zero-order valence-electron chi connectivity index (χ0n) is 17.3. The van der Waals surface area contributed by atoms with Crippen molar-refractivity contribution in [1.29, 1.82) is 0 Å². The molecule has 0 aliphatic rings. The van der Waals surface area contributed by atoms with Gasteiger partial charge < -0.3 is 9.72 Å². The van der Waals surface area contributed by atoms with E-state index in [0.717, 1.165) is 27.9 Å². The number of carbonyl (C=O) groups excluding carboxylic acids is 1. The van der Waals surface area contributed by atoms with Crippen molar-refractivity contribution < 1.29 is 9.53 Å². The summed E-state index contributed by atoms with van der Waals surface area (Å²) in [5.41, 5.74) is 3.72. The molecule has 5 rings (SSSR count). The molecule has 0 bridgehead atoms. The van der Waals surface area contributed by atoms with Gasteiger partial charge in [0.1, 0.15) is 12.4 Å². The van der Waals surface area contributed by atoms with Gasteiger partial charge in [-0.3, -0.25) is 10.1 Å². The van der Waals surface area contributed by atoms with Crippen LogP contribution in [0.4, 0.5) is 5.95 Å². The topological polar surface area (TPSA) is 67.0 Å². The molecule has 5 aromatic rings. The Hall–Kier alpha value is -4.38. The van der Waals surface area contributed by atoms with Gasteiger partial charge in [-0.1, -0.05) is 60.7 Å². The SMILES string of the molecule is O=C(/C=C/c1ccc(OCc2ccc3ccccc3c2)cc1)Nc1nc2ccccc2[nH]1. The average Bonchev–Trinajstić information content (AvgIpc) is 3.24. The van der Waals surface area contributed by atoms with Crippen LogP contribution >= 0.6 is 0 Å². The van der Waals surface area contributed by atoms with Gasteiger partial charge in [0.25, 0.3) is 5.91 Å². The fourth-order valence-electron chi connectivity index (χ4n) is 3.51. The van der Waals surface area contributed by atoms with Gasteiger partial charge in [-0.25, -0.2) is 4.98 Å². The van der Waals surface area contributed by atoms with Crippen LogP contribution in [0.3, 0.4) is 0 Å². The Morgan fingerprint density at radius 1 is 0.906 bits per heavy atom. The quantitative estimate of drug-likeness (QED) is 0.334. The number of anilines is 1. The summed E-state index contributed by atoms with van der Waals surface area (Å²) in [5.74, 6) is 0.959. The van der Waals surface area contributed by atoms with Crippen LogP contribution in [0, 0.1) is 0 Å². The second-order valence-corrected chi connectivity index (χ2v) is 7.46. The Labute approximate surface area is 185 Å². The Kier molecular flexibility index (Phi) is 5.37. The van der Waals surface area contributed by atoms with Crippen molar-refractivity contribution in [2.45, 2.75) is 6.61 Å². The Balaban J connectivity index is 1.17. The molecule has 0 atom stereocenters. The number of nitrogens with one attached hydrogen (secondary N) is 2. The molecule has 1 amide bonds. The number of rotatable bonds is 6. The van der Waals surface area contributed by atoms with E-state index in [0.29, 0.717) is 12.6 Å². The summed E-state index contributed by atoms with van der Waals surface area (Å²) in [6, 6.07) is 29.9. The highest BCUT2D eigenvalue weighted by molar-refractivity contribution is 6.01. The molecule has 4 aromatic carbocycles. The zero-order valence-corrected chi connectivity index (χ0v) is 17.3. The maximum absolute atomic E-state index is 12.2. The fourth-order valence-corrected chi connectivity index (χ4v) is 3.51. The summed E-state index contributed by atoms with van der Waals surface area (Å²) in [7, 11) is 0. The van der Waals surface area contributed by atoms with Crippen molar-refractivity contribution in [3.8, 4) is 5.75 Å². The third-order valence-electron chi connectivity index (χ3n) is 5.16. The Morgan fingerprint density at radius 2 is 1.69 bits per heavy atom. The molecule has 5 heteroatoms. The first-order valence-electron chi connectivity index (χ1n) is 10.4. The Morgan fingerprint density at radius 3 is 2.53 bits per heavy atom. The summed E-state index contributed by atoms with van der Waals surface area (Å²) < 4.78 is 5.91. The second kappa shape index (κ2) is 8.78. The molecule has 0 aliphatic heterocycles. The molecule has 1 heterocycles. The number of amides is 1. The van der Waals surface area contributed by atoms with Gasteiger partial charge in [-0.2, -0.15) is 0 Å². The van der Waals surface area contributed by atoms with Crippen molar-refractivity contribution >= 4 is 39.7 Å². The first kappa shape index (κ1) is 19.6. The summed E-state index contributed by atoms with van der Waals surface area (Å²) >= 11 is 0. The largest absolute Gasteiger partial charge is 0.489 e. The average molecular weight is 419 g/mol. The minimum Gasteiger partial charge on any atom is -0.489 e. The van der Waals surface area contributed by atoms with E-state index in [1.165, 1.54) is 16.8 Å². The van der Waals surface area contributed by atoms with Gasteiger partial charge >= 0.3 is 0 Å². The van der Waals surface area contributed by atoms with Crippen molar-refractivity contribution in [3.63, 3.8) is 0 Å². The number of hydrogen-bond donors (Lipinski definition) is 2. The van der Waals surface area contributed by atoms with Gasteiger partial charge in [-0.05, 0) is 58.3 Å². The van der Waals surface area contributed by atoms with E-state index >= 15 is 0 Å². The number of hydrogen-bond acceptors (Lipinski definition) is 3.